The fourth-order valence-electron chi connectivity index (χ4n) is 1.90. The van der Waals surface area contributed by atoms with E-state index in [2.05, 4.69) is 13.5 Å². The number of hydrogen-bond donors (Lipinski definition) is 0. The summed E-state index contributed by atoms with van der Waals surface area (Å²) in [6.07, 6.45) is -4.60. The first kappa shape index (κ1) is 25.3. The van der Waals surface area contributed by atoms with Crippen LogP contribution < -0.4 is 0 Å². The molecule has 15 heteroatoms. The van der Waals surface area contributed by atoms with Gasteiger partial charge in [0, 0.05) is 0 Å². The van der Waals surface area contributed by atoms with E-state index in [0.717, 1.165) is 0 Å². The molecule has 0 saturated carbocycles. The van der Waals surface area contributed by atoms with Crippen LogP contribution >= 0.6 is 23.0 Å². The Hall–Kier alpha value is 0.240. The van der Waals surface area contributed by atoms with E-state index < -0.39 is 35.8 Å². The molecule has 1 aliphatic rings. The van der Waals surface area contributed by atoms with E-state index in [1.807, 2.05) is 0 Å². The largest absolute Gasteiger partial charge is 0.412 e. The maximum absolute atomic E-state index is 12.8. The second-order valence-electron chi connectivity index (χ2n) is 4.72. The van der Waals surface area contributed by atoms with Crippen LogP contribution in [-0.4, -0.2) is 45.8 Å². The predicted molar refractivity (Wildman–Crippen MR) is 98.2 cm³/mol. The van der Waals surface area contributed by atoms with Crippen molar-refractivity contribution in [1.29, 1.82) is 0 Å². The van der Waals surface area contributed by atoms with Crippen molar-refractivity contribution in [2.75, 3.05) is 39.6 Å². The van der Waals surface area contributed by atoms with Crippen LogP contribution in [0.3, 0.4) is 0 Å². The van der Waals surface area contributed by atoms with Gasteiger partial charge in [0.05, 0.1) is 33.0 Å². The zero-order valence-electron chi connectivity index (χ0n) is 16.0. The number of rotatable bonds is 12. The zero-order chi connectivity index (χ0) is 20.6. The maximum Gasteiger partial charge on any atom is 0.412 e. The van der Waals surface area contributed by atoms with Crippen LogP contribution in [0.25, 0.3) is 0 Å². The van der Waals surface area contributed by atoms with Crippen LogP contribution in [0.15, 0.2) is 13.5 Å². The lowest BCUT2D eigenvalue weighted by molar-refractivity contribution is -0.154. The molecule has 0 spiro atoms. The normalized spacial score (nSPS) is 24.0. The molecule has 1 heterocycles. The number of nitrogens with zero attached hydrogens (tertiary/aromatic N) is 3. The van der Waals surface area contributed by atoms with Crippen LogP contribution in [0.1, 0.15) is 34.6 Å². The highest BCUT2D eigenvalue weighted by atomic mass is 31.3. The van der Waals surface area contributed by atoms with E-state index in [-0.39, 0.29) is 33.0 Å². The minimum Gasteiger partial charge on any atom is -0.307 e. The summed E-state index contributed by atoms with van der Waals surface area (Å²) in [5.74, 6) is 0. The molecule has 1 unspecified atom stereocenters. The Bertz CT molecular complexity index is 608. The van der Waals surface area contributed by atoms with E-state index in [1.54, 1.807) is 34.6 Å². The molecule has 0 N–H and O–H groups in total. The molecule has 0 amide bonds. The Balaban J connectivity index is 3.70. The number of hydrogen-bond acceptors (Lipinski definition) is 9. The Morgan fingerprint density at radius 3 is 1.04 bits per heavy atom. The van der Waals surface area contributed by atoms with Crippen molar-refractivity contribution < 1.29 is 40.3 Å². The molecule has 0 aromatic carbocycles. The molecule has 1 rings (SSSR count). The van der Waals surface area contributed by atoms with E-state index >= 15 is 0 Å². The summed E-state index contributed by atoms with van der Waals surface area (Å²) < 4.78 is 84.5. The van der Waals surface area contributed by atoms with Crippen LogP contribution in [0.5, 0.6) is 0 Å². The van der Waals surface area contributed by atoms with Crippen LogP contribution in [0, 0.1) is 0 Å². The van der Waals surface area contributed by atoms with Crippen molar-refractivity contribution in [3.63, 3.8) is 0 Å². The first-order valence-electron chi connectivity index (χ1n) is 8.48. The van der Waals surface area contributed by atoms with Crippen molar-refractivity contribution in [2.24, 2.45) is 13.5 Å². The summed E-state index contributed by atoms with van der Waals surface area (Å²) in [4.78, 5) is 0. The summed E-state index contributed by atoms with van der Waals surface area (Å²) in [7, 11) is -10.6. The van der Waals surface area contributed by atoms with Crippen LogP contribution in [0.4, 0.5) is 13.2 Å². The minimum atomic E-state index is -4.60. The maximum atomic E-state index is 12.8. The predicted octanol–water partition coefficient (Wildman–Crippen LogP) is 6.60. The third-order valence-corrected chi connectivity index (χ3v) is 11.4. The van der Waals surface area contributed by atoms with E-state index in [9.17, 15) is 13.2 Å². The van der Waals surface area contributed by atoms with Gasteiger partial charge in [0.15, 0.2) is 6.61 Å². The Kier molecular flexibility index (Phi) is 10.2. The molecule has 1 aliphatic heterocycles. The van der Waals surface area contributed by atoms with Crippen molar-refractivity contribution in [2.45, 2.75) is 40.8 Å². The average molecular weight is 459 g/mol. The molecule has 0 aliphatic carbocycles. The van der Waals surface area contributed by atoms with Crippen molar-refractivity contribution in [3.8, 4) is 0 Å². The van der Waals surface area contributed by atoms with E-state index in [4.69, 9.17) is 27.1 Å². The SMILES string of the molecule is CCOP1(OCC)=NP(OCC)(OCC)=NP(OCC)(OCC(F)(F)F)=N1. The smallest absolute Gasteiger partial charge is 0.307 e. The number of halogens is 3. The average Bonchev–Trinajstić information content (AvgIpc) is 2.53. The summed E-state index contributed by atoms with van der Waals surface area (Å²) >= 11 is 0. The fraction of sp³-hybridized carbons (Fsp3) is 1.00. The lowest BCUT2D eigenvalue weighted by Gasteiger charge is -2.32. The minimum absolute atomic E-state index is 0.00906. The highest BCUT2D eigenvalue weighted by Gasteiger charge is 2.44. The van der Waals surface area contributed by atoms with Gasteiger partial charge in [0.2, 0.25) is 0 Å². The first-order chi connectivity index (χ1) is 12.6. The van der Waals surface area contributed by atoms with Gasteiger partial charge < -0.3 is 22.6 Å². The molecular weight excluding hydrogens is 432 g/mol. The van der Waals surface area contributed by atoms with Gasteiger partial charge in [-0.05, 0) is 34.6 Å². The van der Waals surface area contributed by atoms with Gasteiger partial charge in [-0.25, -0.2) is 0 Å². The van der Waals surface area contributed by atoms with Gasteiger partial charge in [0.25, 0.3) is 0 Å². The molecule has 0 aromatic heterocycles. The van der Waals surface area contributed by atoms with Crippen molar-refractivity contribution in [1.82, 2.24) is 0 Å². The quantitative estimate of drug-likeness (QED) is 0.305. The first-order valence-corrected chi connectivity index (χ1v) is 13.1. The summed E-state index contributed by atoms with van der Waals surface area (Å²) in [5.41, 5.74) is 0. The molecule has 0 aromatic rings. The summed E-state index contributed by atoms with van der Waals surface area (Å²) in [6, 6.07) is 0. The van der Waals surface area contributed by atoms with Gasteiger partial charge in [-0.1, -0.05) is 0 Å². The molecule has 27 heavy (non-hydrogen) atoms. The highest BCUT2D eigenvalue weighted by molar-refractivity contribution is 7.78. The third kappa shape index (κ3) is 7.53. The standard InChI is InChI=1S/C12H27F3N3O6P3/c1-6-19-25(20-7-2)16-26(21-8-3,22-9-4)18-27(17-25,23-10-5)24-11-12(13,14)15/h6-11H2,1-5H3. The summed E-state index contributed by atoms with van der Waals surface area (Å²) in [6.45, 7) is 7.40. The number of alkyl halides is 3. The molecular formula is C12H27F3N3O6P3. The summed E-state index contributed by atoms with van der Waals surface area (Å²) in [5, 5.41) is 0. The second kappa shape index (κ2) is 10.9. The van der Waals surface area contributed by atoms with Crippen molar-refractivity contribution in [3.05, 3.63) is 0 Å². The zero-order valence-corrected chi connectivity index (χ0v) is 18.7. The molecule has 162 valence electrons. The van der Waals surface area contributed by atoms with Crippen LogP contribution in [0.2, 0.25) is 0 Å². The van der Waals surface area contributed by atoms with E-state index in [0.29, 0.717) is 0 Å². The van der Waals surface area contributed by atoms with Gasteiger partial charge >= 0.3 is 29.2 Å². The van der Waals surface area contributed by atoms with E-state index in [1.165, 1.54) is 0 Å². The third-order valence-electron chi connectivity index (χ3n) is 2.56. The lowest BCUT2D eigenvalue weighted by Crippen LogP contribution is -2.16. The second-order valence-corrected chi connectivity index (χ2v) is 11.4. The molecule has 0 fully saturated rings. The van der Waals surface area contributed by atoms with Gasteiger partial charge in [0.1, 0.15) is 0 Å². The Morgan fingerprint density at radius 2 is 0.815 bits per heavy atom. The van der Waals surface area contributed by atoms with Crippen LogP contribution in [-0.2, 0) is 27.1 Å². The van der Waals surface area contributed by atoms with Crippen molar-refractivity contribution >= 4 is 23.0 Å². The Morgan fingerprint density at radius 1 is 0.556 bits per heavy atom. The molecule has 0 bridgehead atoms. The Labute approximate surface area is 158 Å². The van der Waals surface area contributed by atoms with Gasteiger partial charge in [-0.3, -0.25) is 4.52 Å². The molecule has 9 nitrogen and oxygen atoms in total. The molecule has 0 radical (unpaired) electrons. The topological polar surface area (TPSA) is 92.5 Å². The van der Waals surface area contributed by atoms with Gasteiger partial charge in [-0.2, -0.15) is 13.2 Å². The fourth-order valence-corrected chi connectivity index (χ4v) is 11.4. The van der Waals surface area contributed by atoms with Gasteiger partial charge in [-0.15, -0.1) is 13.5 Å². The molecule has 1 atom stereocenters. The monoisotopic (exact) mass is 459 g/mol. The lowest BCUT2D eigenvalue weighted by atomic mass is 10.7. The molecule has 0 saturated heterocycles. The highest BCUT2D eigenvalue weighted by Crippen LogP contribution is 2.80.